The summed E-state index contributed by atoms with van der Waals surface area (Å²) in [7, 11) is 1.55. The SMILES string of the molecule is COc1ccc(NC(=O)[C@@H]2CCCO2)cc1N. The zero-order chi connectivity index (χ0) is 12.3. The first-order valence-corrected chi connectivity index (χ1v) is 5.56. The number of amides is 1. The number of nitrogens with one attached hydrogen (secondary N) is 1. The number of ether oxygens (including phenoxy) is 2. The van der Waals surface area contributed by atoms with E-state index in [-0.39, 0.29) is 12.0 Å². The van der Waals surface area contributed by atoms with Gasteiger partial charge < -0.3 is 20.5 Å². The summed E-state index contributed by atoms with van der Waals surface area (Å²) in [5.41, 5.74) is 6.91. The third kappa shape index (κ3) is 2.68. The highest BCUT2D eigenvalue weighted by Crippen LogP contribution is 2.25. The molecule has 1 saturated heterocycles. The molecule has 5 heteroatoms. The van der Waals surface area contributed by atoms with E-state index in [0.29, 0.717) is 23.7 Å². The van der Waals surface area contributed by atoms with E-state index in [1.165, 1.54) is 0 Å². The number of benzene rings is 1. The van der Waals surface area contributed by atoms with Crippen molar-refractivity contribution in [3.05, 3.63) is 18.2 Å². The van der Waals surface area contributed by atoms with Crippen LogP contribution >= 0.6 is 0 Å². The molecule has 92 valence electrons. The Kier molecular flexibility index (Phi) is 3.49. The molecule has 17 heavy (non-hydrogen) atoms. The Morgan fingerprint density at radius 1 is 1.59 bits per heavy atom. The quantitative estimate of drug-likeness (QED) is 0.778. The molecule has 1 heterocycles. The Balaban J connectivity index is 2.03. The summed E-state index contributed by atoms with van der Waals surface area (Å²) in [5, 5.41) is 2.78. The molecule has 0 unspecified atom stereocenters. The molecule has 0 radical (unpaired) electrons. The molecule has 2 rings (SSSR count). The summed E-state index contributed by atoms with van der Waals surface area (Å²) in [6.07, 6.45) is 1.37. The third-order valence-electron chi connectivity index (χ3n) is 2.72. The van der Waals surface area contributed by atoms with Crippen molar-refractivity contribution in [2.45, 2.75) is 18.9 Å². The minimum Gasteiger partial charge on any atom is -0.495 e. The van der Waals surface area contributed by atoms with Gasteiger partial charge in [-0.1, -0.05) is 0 Å². The molecule has 1 fully saturated rings. The lowest BCUT2D eigenvalue weighted by atomic mass is 10.2. The fraction of sp³-hybridized carbons (Fsp3) is 0.417. The molecule has 0 spiro atoms. The van der Waals surface area contributed by atoms with Crippen molar-refractivity contribution in [1.82, 2.24) is 0 Å². The number of nitrogens with two attached hydrogens (primary N) is 1. The van der Waals surface area contributed by atoms with E-state index in [2.05, 4.69) is 5.32 Å². The van der Waals surface area contributed by atoms with Gasteiger partial charge in [0.25, 0.3) is 5.91 Å². The summed E-state index contributed by atoms with van der Waals surface area (Å²) in [6.45, 7) is 0.656. The second kappa shape index (κ2) is 5.05. The van der Waals surface area contributed by atoms with Gasteiger partial charge in [-0.3, -0.25) is 4.79 Å². The molecular formula is C12H16N2O3. The summed E-state index contributed by atoms with van der Waals surface area (Å²) >= 11 is 0. The Hall–Kier alpha value is -1.75. The lowest BCUT2D eigenvalue weighted by Gasteiger charge is -2.11. The molecule has 0 aliphatic carbocycles. The highest BCUT2D eigenvalue weighted by molar-refractivity contribution is 5.94. The zero-order valence-corrected chi connectivity index (χ0v) is 9.73. The van der Waals surface area contributed by atoms with Crippen molar-refractivity contribution >= 4 is 17.3 Å². The summed E-state index contributed by atoms with van der Waals surface area (Å²) in [6, 6.07) is 5.15. The molecule has 5 nitrogen and oxygen atoms in total. The highest BCUT2D eigenvalue weighted by Gasteiger charge is 2.23. The van der Waals surface area contributed by atoms with Gasteiger partial charge in [0.05, 0.1) is 12.8 Å². The normalized spacial score (nSPS) is 19.0. The largest absolute Gasteiger partial charge is 0.495 e. The summed E-state index contributed by atoms with van der Waals surface area (Å²) in [4.78, 5) is 11.8. The Bertz CT molecular complexity index is 414. The molecule has 1 aliphatic rings. The standard InChI is InChI=1S/C12H16N2O3/c1-16-10-5-4-8(7-9(10)13)14-12(15)11-3-2-6-17-11/h4-5,7,11H,2-3,6,13H2,1H3,(H,14,15)/t11-/m0/s1. The van der Waals surface area contributed by atoms with E-state index in [1.54, 1.807) is 25.3 Å². The second-order valence-corrected chi connectivity index (χ2v) is 3.95. The molecule has 1 aromatic carbocycles. The first-order chi connectivity index (χ1) is 8.20. The monoisotopic (exact) mass is 236 g/mol. The van der Waals surface area contributed by atoms with Crippen LogP contribution in [0.3, 0.4) is 0 Å². The lowest BCUT2D eigenvalue weighted by Crippen LogP contribution is -2.26. The predicted molar refractivity (Wildman–Crippen MR) is 65.0 cm³/mol. The van der Waals surface area contributed by atoms with E-state index < -0.39 is 0 Å². The summed E-state index contributed by atoms with van der Waals surface area (Å²) in [5.74, 6) is 0.479. The van der Waals surface area contributed by atoms with Crippen LogP contribution in [0.25, 0.3) is 0 Å². The number of rotatable bonds is 3. The van der Waals surface area contributed by atoms with Gasteiger partial charge in [-0.05, 0) is 31.0 Å². The molecule has 1 aromatic rings. The van der Waals surface area contributed by atoms with Crippen LogP contribution in [0, 0.1) is 0 Å². The molecule has 0 bridgehead atoms. The summed E-state index contributed by atoms with van der Waals surface area (Å²) < 4.78 is 10.3. The first kappa shape index (κ1) is 11.7. The predicted octanol–water partition coefficient (Wildman–Crippen LogP) is 1.39. The number of hydrogen-bond donors (Lipinski definition) is 2. The van der Waals surface area contributed by atoms with Crippen molar-refractivity contribution in [1.29, 1.82) is 0 Å². The van der Waals surface area contributed by atoms with Gasteiger partial charge in [-0.25, -0.2) is 0 Å². The second-order valence-electron chi connectivity index (χ2n) is 3.95. The van der Waals surface area contributed by atoms with E-state index in [9.17, 15) is 4.79 Å². The van der Waals surface area contributed by atoms with Gasteiger partial charge in [0.15, 0.2) is 0 Å². The van der Waals surface area contributed by atoms with Crippen molar-refractivity contribution in [3.8, 4) is 5.75 Å². The molecule has 3 N–H and O–H groups in total. The molecule has 0 aromatic heterocycles. The molecule has 1 amide bonds. The number of hydrogen-bond acceptors (Lipinski definition) is 4. The molecule has 1 atom stereocenters. The molecule has 1 aliphatic heterocycles. The zero-order valence-electron chi connectivity index (χ0n) is 9.73. The van der Waals surface area contributed by atoms with Crippen LogP contribution in [-0.2, 0) is 9.53 Å². The maximum Gasteiger partial charge on any atom is 0.253 e. The van der Waals surface area contributed by atoms with Crippen LogP contribution < -0.4 is 15.8 Å². The number of nitrogen functional groups attached to an aromatic ring is 1. The Morgan fingerprint density at radius 2 is 2.41 bits per heavy atom. The van der Waals surface area contributed by atoms with Gasteiger partial charge >= 0.3 is 0 Å². The fourth-order valence-electron chi connectivity index (χ4n) is 1.82. The van der Waals surface area contributed by atoms with Crippen molar-refractivity contribution < 1.29 is 14.3 Å². The third-order valence-corrected chi connectivity index (χ3v) is 2.72. The van der Waals surface area contributed by atoms with E-state index in [1.807, 2.05) is 0 Å². The Labute approximate surface area is 99.9 Å². The number of carbonyl (C=O) groups excluding carboxylic acids is 1. The van der Waals surface area contributed by atoms with Crippen LogP contribution in [0.4, 0.5) is 11.4 Å². The minimum absolute atomic E-state index is 0.118. The first-order valence-electron chi connectivity index (χ1n) is 5.56. The van der Waals surface area contributed by atoms with Crippen molar-refractivity contribution in [2.75, 3.05) is 24.8 Å². The van der Waals surface area contributed by atoms with Crippen LogP contribution in [0.15, 0.2) is 18.2 Å². The average Bonchev–Trinajstić information content (AvgIpc) is 2.82. The number of anilines is 2. The highest BCUT2D eigenvalue weighted by atomic mass is 16.5. The van der Waals surface area contributed by atoms with Crippen molar-refractivity contribution in [2.24, 2.45) is 0 Å². The van der Waals surface area contributed by atoms with Crippen LogP contribution in [0.5, 0.6) is 5.75 Å². The number of methoxy groups -OCH3 is 1. The van der Waals surface area contributed by atoms with E-state index in [0.717, 1.165) is 12.8 Å². The van der Waals surface area contributed by atoms with Gasteiger partial charge in [-0.2, -0.15) is 0 Å². The maximum absolute atomic E-state index is 11.8. The van der Waals surface area contributed by atoms with Crippen LogP contribution in [0.1, 0.15) is 12.8 Å². The van der Waals surface area contributed by atoms with Gasteiger partial charge in [-0.15, -0.1) is 0 Å². The van der Waals surface area contributed by atoms with Gasteiger partial charge in [0.1, 0.15) is 11.9 Å². The van der Waals surface area contributed by atoms with E-state index >= 15 is 0 Å². The Morgan fingerprint density at radius 3 is 3.00 bits per heavy atom. The minimum atomic E-state index is -0.335. The lowest BCUT2D eigenvalue weighted by molar-refractivity contribution is -0.124. The molecular weight excluding hydrogens is 220 g/mol. The van der Waals surface area contributed by atoms with Gasteiger partial charge in [0.2, 0.25) is 0 Å². The van der Waals surface area contributed by atoms with Gasteiger partial charge in [0, 0.05) is 12.3 Å². The average molecular weight is 236 g/mol. The van der Waals surface area contributed by atoms with Crippen molar-refractivity contribution in [3.63, 3.8) is 0 Å². The van der Waals surface area contributed by atoms with Crippen LogP contribution in [0.2, 0.25) is 0 Å². The van der Waals surface area contributed by atoms with Crippen LogP contribution in [-0.4, -0.2) is 25.7 Å². The topological polar surface area (TPSA) is 73.6 Å². The maximum atomic E-state index is 11.8. The number of carbonyl (C=O) groups is 1. The molecule has 0 saturated carbocycles. The van der Waals surface area contributed by atoms with E-state index in [4.69, 9.17) is 15.2 Å². The smallest absolute Gasteiger partial charge is 0.253 e. The fourth-order valence-corrected chi connectivity index (χ4v) is 1.82.